The van der Waals surface area contributed by atoms with E-state index >= 15 is 0 Å². The summed E-state index contributed by atoms with van der Waals surface area (Å²) in [6.45, 7) is 7.17. The van der Waals surface area contributed by atoms with Gasteiger partial charge in [0.2, 0.25) is 0 Å². The van der Waals surface area contributed by atoms with Gasteiger partial charge in [-0.1, -0.05) is 12.1 Å². The minimum atomic E-state index is -0.211. The Hall–Kier alpha value is -1.71. The standard InChI is InChI=1S/C20H33N5O2.HI/c1-5-21-19(22-15-16-8-7-9-18(14-16)24(3)4)23-17-10-12-25(13-11-17)20(26)27-6-2;/h7-9,14,17H,5-6,10-13,15H2,1-4H3,(H2,21,22,23);1H. The third kappa shape index (κ3) is 7.73. The zero-order chi connectivity index (χ0) is 19.6. The predicted octanol–water partition coefficient (Wildman–Crippen LogP) is 3.05. The van der Waals surface area contributed by atoms with E-state index in [1.807, 2.05) is 21.0 Å². The predicted molar refractivity (Wildman–Crippen MR) is 126 cm³/mol. The number of ether oxygens (including phenoxy) is 1. The molecule has 1 aliphatic heterocycles. The summed E-state index contributed by atoms with van der Waals surface area (Å²) >= 11 is 0. The maximum atomic E-state index is 11.8. The zero-order valence-corrected chi connectivity index (χ0v) is 19.7. The number of rotatable bonds is 6. The molecule has 0 radical (unpaired) electrons. The number of carbonyl (C=O) groups excluding carboxylic acids is 1. The number of carbonyl (C=O) groups is 1. The van der Waals surface area contributed by atoms with Crippen molar-refractivity contribution in [1.29, 1.82) is 0 Å². The minimum absolute atomic E-state index is 0. The molecule has 1 heterocycles. The van der Waals surface area contributed by atoms with Crippen LogP contribution in [0.15, 0.2) is 29.3 Å². The van der Waals surface area contributed by atoms with Gasteiger partial charge in [-0.3, -0.25) is 0 Å². The number of guanidine groups is 1. The third-order valence-corrected chi connectivity index (χ3v) is 4.55. The average Bonchev–Trinajstić information content (AvgIpc) is 2.67. The van der Waals surface area contributed by atoms with E-state index in [0.29, 0.717) is 32.3 Å². The Labute approximate surface area is 185 Å². The molecule has 0 spiro atoms. The van der Waals surface area contributed by atoms with Crippen molar-refractivity contribution < 1.29 is 9.53 Å². The highest BCUT2D eigenvalue weighted by Gasteiger charge is 2.24. The van der Waals surface area contributed by atoms with E-state index in [4.69, 9.17) is 9.73 Å². The molecule has 0 bridgehead atoms. The Morgan fingerprint density at radius 2 is 2.00 bits per heavy atom. The summed E-state index contributed by atoms with van der Waals surface area (Å²) in [5, 5.41) is 6.82. The van der Waals surface area contributed by atoms with E-state index in [9.17, 15) is 4.79 Å². The van der Waals surface area contributed by atoms with Gasteiger partial charge < -0.3 is 25.2 Å². The van der Waals surface area contributed by atoms with Crippen LogP contribution in [0.4, 0.5) is 10.5 Å². The van der Waals surface area contributed by atoms with E-state index in [1.165, 1.54) is 11.3 Å². The lowest BCUT2D eigenvalue weighted by atomic mass is 10.1. The number of nitrogens with zero attached hydrogens (tertiary/aromatic N) is 3. The minimum Gasteiger partial charge on any atom is -0.450 e. The van der Waals surface area contributed by atoms with Gasteiger partial charge in [0.25, 0.3) is 0 Å². The van der Waals surface area contributed by atoms with Crippen LogP contribution in [-0.4, -0.2) is 63.3 Å². The monoisotopic (exact) mass is 503 g/mol. The third-order valence-electron chi connectivity index (χ3n) is 4.55. The lowest BCUT2D eigenvalue weighted by molar-refractivity contribution is 0.0963. The zero-order valence-electron chi connectivity index (χ0n) is 17.4. The van der Waals surface area contributed by atoms with Crippen LogP contribution in [0.1, 0.15) is 32.3 Å². The molecule has 1 aromatic carbocycles. The molecule has 28 heavy (non-hydrogen) atoms. The second kappa shape index (κ2) is 12.7. The average molecular weight is 503 g/mol. The van der Waals surface area contributed by atoms with Crippen molar-refractivity contribution >= 4 is 41.7 Å². The Bertz CT molecular complexity index is 631. The van der Waals surface area contributed by atoms with Gasteiger partial charge in [-0.15, -0.1) is 24.0 Å². The Morgan fingerprint density at radius 3 is 2.61 bits per heavy atom. The number of likely N-dealkylation sites (tertiary alicyclic amines) is 1. The maximum absolute atomic E-state index is 11.8. The summed E-state index contributed by atoms with van der Waals surface area (Å²) in [4.78, 5) is 20.4. The molecule has 0 atom stereocenters. The van der Waals surface area contributed by atoms with Crippen LogP contribution in [0.5, 0.6) is 0 Å². The number of nitrogens with one attached hydrogen (secondary N) is 2. The summed E-state index contributed by atoms with van der Waals surface area (Å²) in [6, 6.07) is 8.71. The van der Waals surface area contributed by atoms with Gasteiger partial charge in [0.1, 0.15) is 0 Å². The van der Waals surface area contributed by atoms with Crippen molar-refractivity contribution in [2.45, 2.75) is 39.3 Å². The van der Waals surface area contributed by atoms with E-state index < -0.39 is 0 Å². The lowest BCUT2D eigenvalue weighted by Crippen LogP contribution is -2.49. The summed E-state index contributed by atoms with van der Waals surface area (Å²) < 4.78 is 5.08. The Kier molecular flexibility index (Phi) is 11.0. The van der Waals surface area contributed by atoms with Crippen LogP contribution in [-0.2, 0) is 11.3 Å². The van der Waals surface area contributed by atoms with Crippen molar-refractivity contribution in [2.75, 3.05) is 45.2 Å². The molecule has 1 aliphatic rings. The Balaban J connectivity index is 0.00000392. The van der Waals surface area contributed by atoms with Gasteiger partial charge in [0.05, 0.1) is 13.2 Å². The highest BCUT2D eigenvalue weighted by atomic mass is 127. The molecular formula is C20H34IN5O2. The first-order valence-corrected chi connectivity index (χ1v) is 9.76. The summed E-state index contributed by atoms with van der Waals surface area (Å²) in [5.74, 6) is 0.822. The second-order valence-electron chi connectivity index (χ2n) is 6.86. The molecule has 1 saturated heterocycles. The molecule has 1 aromatic rings. The van der Waals surface area contributed by atoms with Crippen LogP contribution in [0, 0.1) is 0 Å². The van der Waals surface area contributed by atoms with Crippen molar-refractivity contribution in [3.63, 3.8) is 0 Å². The largest absolute Gasteiger partial charge is 0.450 e. The number of amides is 1. The number of aliphatic imine (C=N–C) groups is 1. The van der Waals surface area contributed by atoms with Gasteiger partial charge in [-0.2, -0.15) is 0 Å². The SMILES string of the molecule is CCNC(=NCc1cccc(N(C)C)c1)NC1CCN(C(=O)OCC)CC1.I. The molecule has 0 saturated carbocycles. The molecule has 0 aromatic heterocycles. The molecule has 1 fully saturated rings. The number of benzene rings is 1. The van der Waals surface area contributed by atoms with E-state index in [-0.39, 0.29) is 30.1 Å². The molecule has 0 unspecified atom stereocenters. The van der Waals surface area contributed by atoms with Crippen molar-refractivity contribution in [3.05, 3.63) is 29.8 Å². The lowest BCUT2D eigenvalue weighted by Gasteiger charge is -2.32. The van der Waals surface area contributed by atoms with E-state index in [1.54, 1.807) is 4.90 Å². The van der Waals surface area contributed by atoms with Crippen LogP contribution in [0.2, 0.25) is 0 Å². The first-order valence-electron chi connectivity index (χ1n) is 9.76. The van der Waals surface area contributed by atoms with Gasteiger partial charge in [-0.25, -0.2) is 9.79 Å². The molecule has 2 rings (SSSR count). The number of piperidine rings is 1. The van der Waals surface area contributed by atoms with Gasteiger partial charge in [0, 0.05) is 45.5 Å². The molecule has 0 aliphatic carbocycles. The fraction of sp³-hybridized carbons (Fsp3) is 0.600. The first kappa shape index (κ1) is 24.3. The highest BCUT2D eigenvalue weighted by Crippen LogP contribution is 2.14. The number of hydrogen-bond acceptors (Lipinski definition) is 4. The molecule has 1 amide bonds. The van der Waals surface area contributed by atoms with Crippen molar-refractivity contribution in [2.24, 2.45) is 4.99 Å². The van der Waals surface area contributed by atoms with Crippen LogP contribution < -0.4 is 15.5 Å². The van der Waals surface area contributed by atoms with E-state index in [2.05, 4.69) is 46.7 Å². The van der Waals surface area contributed by atoms with Crippen molar-refractivity contribution in [1.82, 2.24) is 15.5 Å². The molecule has 2 N–H and O–H groups in total. The first-order chi connectivity index (χ1) is 13.0. The highest BCUT2D eigenvalue weighted by molar-refractivity contribution is 14.0. The van der Waals surface area contributed by atoms with Gasteiger partial charge in [-0.05, 0) is 44.4 Å². The van der Waals surface area contributed by atoms with Crippen LogP contribution >= 0.6 is 24.0 Å². The fourth-order valence-electron chi connectivity index (χ4n) is 3.04. The number of hydrogen-bond donors (Lipinski definition) is 2. The molecule has 158 valence electrons. The fourth-order valence-corrected chi connectivity index (χ4v) is 3.04. The van der Waals surface area contributed by atoms with Crippen LogP contribution in [0.25, 0.3) is 0 Å². The summed E-state index contributed by atoms with van der Waals surface area (Å²) in [6.07, 6.45) is 1.57. The topological polar surface area (TPSA) is 69.2 Å². The summed E-state index contributed by atoms with van der Waals surface area (Å²) in [5.41, 5.74) is 2.35. The van der Waals surface area contributed by atoms with E-state index in [0.717, 1.165) is 25.3 Å². The smallest absolute Gasteiger partial charge is 0.409 e. The number of anilines is 1. The molecule has 8 heteroatoms. The van der Waals surface area contributed by atoms with Crippen LogP contribution in [0.3, 0.4) is 0 Å². The molecule has 7 nitrogen and oxygen atoms in total. The normalized spacial score (nSPS) is 14.9. The van der Waals surface area contributed by atoms with Gasteiger partial charge >= 0.3 is 6.09 Å². The summed E-state index contributed by atoms with van der Waals surface area (Å²) in [7, 11) is 4.08. The van der Waals surface area contributed by atoms with Crippen molar-refractivity contribution in [3.8, 4) is 0 Å². The second-order valence-corrected chi connectivity index (χ2v) is 6.86. The van der Waals surface area contributed by atoms with Gasteiger partial charge in [0.15, 0.2) is 5.96 Å². The molecular weight excluding hydrogens is 469 g/mol. The quantitative estimate of drug-likeness (QED) is 0.355. The number of halogens is 1. The Morgan fingerprint density at radius 1 is 1.29 bits per heavy atom. The maximum Gasteiger partial charge on any atom is 0.409 e.